The number of hydrogen-bond donors (Lipinski definition) is 2. The molecule has 4 heterocycles. The summed E-state index contributed by atoms with van der Waals surface area (Å²) in [6.07, 6.45) is 1.36. The van der Waals surface area contributed by atoms with Gasteiger partial charge in [0.2, 0.25) is 5.91 Å². The molecule has 174 valence electrons. The third kappa shape index (κ3) is 4.86. The fourth-order valence-corrected chi connectivity index (χ4v) is 6.62. The van der Waals surface area contributed by atoms with E-state index in [1.54, 1.807) is 0 Å². The molecule has 1 fully saturated rings. The summed E-state index contributed by atoms with van der Waals surface area (Å²) in [7, 11) is 0. The lowest BCUT2D eigenvalue weighted by molar-refractivity contribution is -0.389. The van der Waals surface area contributed by atoms with Crippen LogP contribution in [0.2, 0.25) is 0 Å². The van der Waals surface area contributed by atoms with Gasteiger partial charge in [-0.1, -0.05) is 23.1 Å². The molecule has 0 aromatic carbocycles. The first-order chi connectivity index (χ1) is 15.7. The summed E-state index contributed by atoms with van der Waals surface area (Å²) in [5.74, 6) is -1.65. The van der Waals surface area contributed by atoms with Gasteiger partial charge in [-0.3, -0.25) is 14.5 Å². The van der Waals surface area contributed by atoms with Crippen molar-refractivity contribution in [3.8, 4) is 0 Å². The average Bonchev–Trinajstić information content (AvgIpc) is 3.42. The van der Waals surface area contributed by atoms with E-state index in [4.69, 9.17) is 0 Å². The number of aromatic nitrogens is 4. The van der Waals surface area contributed by atoms with Gasteiger partial charge in [-0.05, 0) is 17.4 Å². The van der Waals surface area contributed by atoms with Crippen molar-refractivity contribution < 1.29 is 24.4 Å². The molecule has 2 atom stereocenters. The largest absolute Gasteiger partial charge is 0.477 e. The summed E-state index contributed by atoms with van der Waals surface area (Å²) in [6, 6.07) is 0.398. The Morgan fingerprint density at radius 2 is 2.21 bits per heavy atom. The second-order valence-electron chi connectivity index (χ2n) is 7.03. The molecule has 13 nitrogen and oxygen atoms in total. The molecule has 2 N–H and O–H groups in total. The summed E-state index contributed by atoms with van der Waals surface area (Å²) < 4.78 is 2.00. The Kier molecular flexibility index (Phi) is 6.66. The van der Waals surface area contributed by atoms with Crippen LogP contribution >= 0.6 is 34.9 Å². The third-order valence-electron chi connectivity index (χ3n) is 4.83. The molecule has 2 aromatic heterocycles. The topological polar surface area (TPSA) is 173 Å². The maximum atomic E-state index is 12.7. The van der Waals surface area contributed by atoms with Gasteiger partial charge in [0.15, 0.2) is 4.34 Å². The highest BCUT2D eigenvalue weighted by Gasteiger charge is 2.54. The second-order valence-corrected chi connectivity index (χ2v) is 10.5. The van der Waals surface area contributed by atoms with Gasteiger partial charge in [0.05, 0.1) is 23.9 Å². The van der Waals surface area contributed by atoms with Crippen molar-refractivity contribution in [2.45, 2.75) is 35.6 Å². The van der Waals surface area contributed by atoms with Crippen molar-refractivity contribution in [2.24, 2.45) is 0 Å². The van der Waals surface area contributed by atoms with Gasteiger partial charge in [0.25, 0.3) is 5.91 Å². The number of nitrogens with one attached hydrogen (secondary N) is 1. The van der Waals surface area contributed by atoms with Crippen LogP contribution in [0.25, 0.3) is 0 Å². The fourth-order valence-electron chi connectivity index (χ4n) is 3.31. The van der Waals surface area contributed by atoms with Crippen molar-refractivity contribution in [1.29, 1.82) is 0 Å². The first-order valence-corrected chi connectivity index (χ1v) is 12.4. The molecule has 2 amide bonds. The number of carbonyl (C=O) groups excluding carboxylic acids is 2. The molecule has 16 heteroatoms. The molecule has 0 spiro atoms. The molecular formula is C17H17N7O6S3. The summed E-state index contributed by atoms with van der Waals surface area (Å²) in [6.45, 7) is 1.94. The molecule has 1 saturated heterocycles. The molecule has 2 aliphatic rings. The van der Waals surface area contributed by atoms with Gasteiger partial charge < -0.3 is 20.5 Å². The van der Waals surface area contributed by atoms with E-state index in [0.29, 0.717) is 17.1 Å². The number of rotatable bonds is 9. The number of carbonyl (C=O) groups is 3. The van der Waals surface area contributed by atoms with Crippen LogP contribution in [-0.2, 0) is 20.9 Å². The number of carboxylic acid groups (broad SMARTS) is 1. The van der Waals surface area contributed by atoms with Crippen molar-refractivity contribution in [3.63, 3.8) is 0 Å². The number of nitrogens with zero attached hydrogens (tertiary/aromatic N) is 6. The molecule has 0 radical (unpaired) electrons. The van der Waals surface area contributed by atoms with Crippen LogP contribution in [-0.4, -0.2) is 75.6 Å². The van der Waals surface area contributed by atoms with E-state index in [2.05, 4.69) is 20.6 Å². The normalized spacial score (nSPS) is 19.8. The number of nitro groups is 1. The predicted octanol–water partition coefficient (Wildman–Crippen LogP) is 0.872. The zero-order chi connectivity index (χ0) is 23.7. The molecule has 33 heavy (non-hydrogen) atoms. The zero-order valence-corrected chi connectivity index (χ0v) is 19.5. The molecule has 0 saturated carbocycles. The van der Waals surface area contributed by atoms with E-state index in [9.17, 15) is 29.6 Å². The summed E-state index contributed by atoms with van der Waals surface area (Å²) >= 11 is 4.17. The number of amides is 2. The number of β-lactam (4-membered cyclic amide) rings is 1. The van der Waals surface area contributed by atoms with Gasteiger partial charge in [0, 0.05) is 17.9 Å². The summed E-state index contributed by atoms with van der Waals surface area (Å²) in [5.41, 5.74) is 0.562. The van der Waals surface area contributed by atoms with Gasteiger partial charge in [-0.15, -0.1) is 22.0 Å². The second kappa shape index (κ2) is 9.48. The Morgan fingerprint density at radius 3 is 2.85 bits per heavy atom. The lowest BCUT2D eigenvalue weighted by Gasteiger charge is -2.49. The van der Waals surface area contributed by atoms with Crippen LogP contribution in [0.4, 0.5) is 5.82 Å². The minimum Gasteiger partial charge on any atom is -0.477 e. The Hall–Kier alpha value is -2.98. The van der Waals surface area contributed by atoms with Crippen LogP contribution in [0, 0.1) is 17.0 Å². The van der Waals surface area contributed by atoms with Crippen molar-refractivity contribution in [3.05, 3.63) is 38.7 Å². The number of aliphatic carboxylic acids is 1. The molecule has 0 aliphatic carbocycles. The predicted molar refractivity (Wildman–Crippen MR) is 119 cm³/mol. The highest BCUT2D eigenvalue weighted by molar-refractivity contribution is 8.01. The van der Waals surface area contributed by atoms with Crippen molar-refractivity contribution >= 4 is 58.5 Å². The first-order valence-electron chi connectivity index (χ1n) is 9.54. The standard InChI is InChI=1S/C17H17N7O6S3/c1-8-19-20-17(33-8)32-7-9-6-31-15-12(14(26)23(15)13(9)16(27)28)18-11(25)3-5-22-4-2-10(21-22)24(29)30/h2,4,12,15H,3,5-7H2,1H3,(H,18,25)(H,27,28). The van der Waals surface area contributed by atoms with Crippen LogP contribution in [0.3, 0.4) is 0 Å². The van der Waals surface area contributed by atoms with Gasteiger partial charge in [-0.2, -0.15) is 4.68 Å². The molecule has 2 aromatic rings. The highest BCUT2D eigenvalue weighted by atomic mass is 32.2. The van der Waals surface area contributed by atoms with Crippen molar-refractivity contribution in [2.75, 3.05) is 11.5 Å². The Morgan fingerprint density at radius 1 is 1.42 bits per heavy atom. The first kappa shape index (κ1) is 23.2. The Bertz CT molecular complexity index is 1160. The lowest BCUT2D eigenvalue weighted by atomic mass is 10.0. The van der Waals surface area contributed by atoms with Crippen LogP contribution in [0.15, 0.2) is 27.9 Å². The zero-order valence-electron chi connectivity index (χ0n) is 17.0. The molecule has 2 unspecified atom stereocenters. The fraction of sp³-hybridized carbons (Fsp3) is 0.412. The number of thioether (sulfide) groups is 2. The average molecular weight is 512 g/mol. The Balaban J connectivity index is 1.36. The number of carboxylic acids is 1. The molecular weight excluding hydrogens is 494 g/mol. The molecule has 4 rings (SSSR count). The summed E-state index contributed by atoms with van der Waals surface area (Å²) in [4.78, 5) is 48.2. The maximum absolute atomic E-state index is 12.7. The quantitative estimate of drug-likeness (QED) is 0.212. The van der Waals surface area contributed by atoms with E-state index < -0.39 is 34.1 Å². The smallest absolute Gasteiger partial charge is 0.389 e. The van der Waals surface area contributed by atoms with E-state index in [1.165, 1.54) is 56.7 Å². The Labute approximate surface area is 198 Å². The maximum Gasteiger partial charge on any atom is 0.389 e. The summed E-state index contributed by atoms with van der Waals surface area (Å²) in [5, 5.41) is 35.0. The number of fused-ring (bicyclic) bond motifs is 1. The monoisotopic (exact) mass is 511 g/mol. The minimum absolute atomic E-state index is 0.0369. The lowest BCUT2D eigenvalue weighted by Crippen LogP contribution is -2.70. The highest BCUT2D eigenvalue weighted by Crippen LogP contribution is 2.41. The van der Waals surface area contributed by atoms with Crippen LogP contribution in [0.5, 0.6) is 0 Å². The number of hydrogen-bond acceptors (Lipinski definition) is 11. The van der Waals surface area contributed by atoms with E-state index in [-0.39, 0.29) is 24.5 Å². The minimum atomic E-state index is -1.19. The van der Waals surface area contributed by atoms with Gasteiger partial charge in [-0.25, -0.2) is 4.79 Å². The van der Waals surface area contributed by atoms with Crippen molar-refractivity contribution in [1.82, 2.24) is 30.2 Å². The number of aryl methyl sites for hydroxylation is 2. The van der Waals surface area contributed by atoms with E-state index >= 15 is 0 Å². The third-order valence-corrected chi connectivity index (χ3v) is 8.22. The van der Waals surface area contributed by atoms with Crippen LogP contribution < -0.4 is 5.32 Å². The van der Waals surface area contributed by atoms with E-state index in [1.807, 2.05) is 6.92 Å². The van der Waals surface area contributed by atoms with Crippen LogP contribution in [0.1, 0.15) is 11.4 Å². The van der Waals surface area contributed by atoms with Gasteiger partial charge >= 0.3 is 11.8 Å². The van der Waals surface area contributed by atoms with Gasteiger partial charge in [0.1, 0.15) is 22.1 Å². The molecule has 2 aliphatic heterocycles. The van der Waals surface area contributed by atoms with E-state index in [0.717, 1.165) is 9.35 Å². The molecule has 0 bridgehead atoms. The SMILES string of the molecule is Cc1nnc(SCC2=C(C(=O)O)N3C(=O)C(NC(=O)CCn4ccc([N+](=O)[O-])n4)C3SC2)s1.